The highest BCUT2D eigenvalue weighted by molar-refractivity contribution is 7.87. The maximum absolute atomic E-state index is 12.8. The fourth-order valence-corrected chi connectivity index (χ4v) is 4.27. The van der Waals surface area contributed by atoms with Gasteiger partial charge in [-0.1, -0.05) is 0 Å². The molecule has 2 aromatic rings. The number of hydrogen-bond acceptors (Lipinski definition) is 8. The smallest absolute Gasteiger partial charge is 0.382 e. The van der Waals surface area contributed by atoms with Crippen molar-refractivity contribution in [2.24, 2.45) is 0 Å². The molecule has 3 atom stereocenters. The Morgan fingerprint density at radius 1 is 1.35 bits per heavy atom. The quantitative estimate of drug-likeness (QED) is 0.442. The van der Waals surface area contributed by atoms with Crippen molar-refractivity contribution in [3.05, 3.63) is 6.33 Å². The van der Waals surface area contributed by atoms with E-state index in [1.165, 1.54) is 24.6 Å². The molecule has 1 aliphatic rings. The molecule has 3 heterocycles. The van der Waals surface area contributed by atoms with Gasteiger partial charge in [0.2, 0.25) is 5.95 Å². The Kier molecular flexibility index (Phi) is 6.59. The van der Waals surface area contributed by atoms with Crippen LogP contribution in [0.25, 0.3) is 11.2 Å². The average molecular weight is 466 g/mol. The standard InChI is InChI=1S/C16H25F3N8O3S/c1-4-26-8-21-11-13(23-10-5-6-27(7-10)31(29,30)20-3)24-15(25-14(11)26)22-9(2)12(28)16(17,18)19/h8-10,12,20,28H,4-7H2,1-3H3,(H2,22,23,24,25)/t9-,10-,12-/m0/s1. The Morgan fingerprint density at radius 3 is 2.68 bits per heavy atom. The van der Waals surface area contributed by atoms with E-state index in [9.17, 15) is 26.7 Å². The Hall–Kier alpha value is -2.23. The van der Waals surface area contributed by atoms with Gasteiger partial charge in [-0.15, -0.1) is 0 Å². The van der Waals surface area contributed by atoms with Crippen LogP contribution in [0, 0.1) is 0 Å². The lowest BCUT2D eigenvalue weighted by Gasteiger charge is -2.23. The van der Waals surface area contributed by atoms with E-state index in [-0.39, 0.29) is 24.4 Å². The van der Waals surface area contributed by atoms with Crippen LogP contribution in [0.3, 0.4) is 0 Å². The van der Waals surface area contributed by atoms with E-state index >= 15 is 0 Å². The summed E-state index contributed by atoms with van der Waals surface area (Å²) in [6, 6.07) is -1.68. The topological polar surface area (TPSA) is 137 Å². The van der Waals surface area contributed by atoms with Crippen LogP contribution in [-0.4, -0.2) is 81.8 Å². The summed E-state index contributed by atoms with van der Waals surface area (Å²) >= 11 is 0. The van der Waals surface area contributed by atoms with Crippen LogP contribution in [0.4, 0.5) is 24.9 Å². The highest BCUT2D eigenvalue weighted by atomic mass is 32.2. The van der Waals surface area contributed by atoms with Crippen LogP contribution in [-0.2, 0) is 16.8 Å². The van der Waals surface area contributed by atoms with Gasteiger partial charge in [-0.05, 0) is 20.3 Å². The third-order valence-electron chi connectivity index (χ3n) is 5.06. The molecule has 31 heavy (non-hydrogen) atoms. The number of fused-ring (bicyclic) bond motifs is 1. The molecule has 11 nitrogen and oxygen atoms in total. The van der Waals surface area contributed by atoms with E-state index in [0.29, 0.717) is 30.7 Å². The summed E-state index contributed by atoms with van der Waals surface area (Å²) in [5.41, 5.74) is 0.806. The Balaban J connectivity index is 1.88. The number of anilines is 2. The van der Waals surface area contributed by atoms with Crippen LogP contribution in [0.2, 0.25) is 0 Å². The Morgan fingerprint density at radius 2 is 2.06 bits per heavy atom. The van der Waals surface area contributed by atoms with Crippen molar-refractivity contribution in [1.29, 1.82) is 0 Å². The van der Waals surface area contributed by atoms with Crippen molar-refractivity contribution in [2.75, 3.05) is 30.8 Å². The molecule has 1 saturated heterocycles. The lowest BCUT2D eigenvalue weighted by molar-refractivity contribution is -0.206. The summed E-state index contributed by atoms with van der Waals surface area (Å²) in [7, 11) is -2.24. The number of nitrogens with one attached hydrogen (secondary N) is 3. The zero-order chi connectivity index (χ0) is 23.0. The van der Waals surface area contributed by atoms with Gasteiger partial charge in [0, 0.05) is 32.7 Å². The minimum Gasteiger partial charge on any atom is -0.382 e. The van der Waals surface area contributed by atoms with Gasteiger partial charge < -0.3 is 20.3 Å². The van der Waals surface area contributed by atoms with Crippen molar-refractivity contribution in [1.82, 2.24) is 28.5 Å². The van der Waals surface area contributed by atoms with E-state index in [4.69, 9.17) is 0 Å². The molecule has 1 fully saturated rings. The highest BCUT2D eigenvalue weighted by Crippen LogP contribution is 2.27. The molecule has 0 amide bonds. The monoisotopic (exact) mass is 466 g/mol. The third kappa shape index (κ3) is 4.99. The van der Waals surface area contributed by atoms with Crippen molar-refractivity contribution in [3.63, 3.8) is 0 Å². The number of aromatic nitrogens is 4. The highest BCUT2D eigenvalue weighted by Gasteiger charge is 2.42. The number of halogens is 3. The van der Waals surface area contributed by atoms with Gasteiger partial charge in [0.1, 0.15) is 0 Å². The second-order valence-electron chi connectivity index (χ2n) is 7.22. The molecule has 3 rings (SSSR count). The second kappa shape index (κ2) is 8.72. The number of hydrogen-bond donors (Lipinski definition) is 4. The van der Waals surface area contributed by atoms with E-state index in [2.05, 4.69) is 30.3 Å². The molecule has 0 aliphatic carbocycles. The summed E-state index contributed by atoms with van der Waals surface area (Å²) < 4.78 is 67.7. The Bertz CT molecular complexity index is 1030. The molecule has 0 aromatic carbocycles. The van der Waals surface area contributed by atoms with Gasteiger partial charge in [-0.2, -0.15) is 35.9 Å². The normalized spacial score (nSPS) is 20.2. The number of aliphatic hydroxyl groups is 1. The van der Waals surface area contributed by atoms with Crippen molar-refractivity contribution in [3.8, 4) is 0 Å². The van der Waals surface area contributed by atoms with Gasteiger partial charge in [-0.25, -0.2) is 9.71 Å². The molecular formula is C16H25F3N8O3S. The summed E-state index contributed by atoms with van der Waals surface area (Å²) in [4.78, 5) is 12.8. The molecular weight excluding hydrogens is 441 g/mol. The third-order valence-corrected chi connectivity index (χ3v) is 6.59. The number of aliphatic hydroxyl groups excluding tert-OH is 1. The Labute approximate surface area is 177 Å². The minimum absolute atomic E-state index is 0.112. The molecule has 0 radical (unpaired) electrons. The minimum atomic E-state index is -4.80. The van der Waals surface area contributed by atoms with Crippen LogP contribution < -0.4 is 15.4 Å². The van der Waals surface area contributed by atoms with Gasteiger partial charge in [0.15, 0.2) is 23.1 Å². The molecule has 0 unspecified atom stereocenters. The molecule has 0 saturated carbocycles. The van der Waals surface area contributed by atoms with E-state index < -0.39 is 28.5 Å². The van der Waals surface area contributed by atoms with Crippen molar-refractivity contribution < 1.29 is 26.7 Å². The van der Waals surface area contributed by atoms with Crippen molar-refractivity contribution in [2.45, 2.75) is 51.2 Å². The van der Waals surface area contributed by atoms with Crippen LogP contribution in [0.15, 0.2) is 6.33 Å². The molecule has 174 valence electrons. The molecule has 4 N–H and O–H groups in total. The predicted molar refractivity (Wildman–Crippen MR) is 108 cm³/mol. The summed E-state index contributed by atoms with van der Waals surface area (Å²) in [5, 5.41) is 15.1. The number of nitrogens with zero attached hydrogens (tertiary/aromatic N) is 5. The molecule has 2 aromatic heterocycles. The summed E-state index contributed by atoms with van der Waals surface area (Å²) in [6.45, 7) is 4.04. The fourth-order valence-electron chi connectivity index (χ4n) is 3.29. The van der Waals surface area contributed by atoms with Gasteiger partial charge in [0.05, 0.1) is 12.4 Å². The molecule has 1 aliphatic heterocycles. The lowest BCUT2D eigenvalue weighted by Crippen LogP contribution is -2.42. The van der Waals surface area contributed by atoms with E-state index in [1.807, 2.05) is 6.92 Å². The van der Waals surface area contributed by atoms with Gasteiger partial charge >= 0.3 is 6.18 Å². The lowest BCUT2D eigenvalue weighted by atomic mass is 10.2. The van der Waals surface area contributed by atoms with Gasteiger partial charge in [0.25, 0.3) is 10.2 Å². The van der Waals surface area contributed by atoms with Crippen LogP contribution in [0.1, 0.15) is 20.3 Å². The average Bonchev–Trinajstić information content (AvgIpc) is 3.34. The van der Waals surface area contributed by atoms with Crippen LogP contribution in [0.5, 0.6) is 0 Å². The maximum Gasteiger partial charge on any atom is 0.416 e. The zero-order valence-electron chi connectivity index (χ0n) is 17.2. The van der Waals surface area contributed by atoms with Crippen molar-refractivity contribution >= 4 is 33.1 Å². The van der Waals surface area contributed by atoms with E-state index in [1.54, 1.807) is 4.57 Å². The molecule has 0 bridgehead atoms. The second-order valence-corrected chi connectivity index (χ2v) is 9.09. The largest absolute Gasteiger partial charge is 0.416 e. The number of aryl methyl sites for hydroxylation is 1. The first kappa shape index (κ1) is 23.4. The maximum atomic E-state index is 12.8. The molecule has 15 heteroatoms. The van der Waals surface area contributed by atoms with Crippen LogP contribution >= 0.6 is 0 Å². The SMILES string of the molecule is CCn1cnc2c(N[C@H]3CCN(S(=O)(=O)NC)C3)nc(N[C@@H](C)[C@H](O)C(F)(F)F)nc21. The summed E-state index contributed by atoms with van der Waals surface area (Å²) in [5.74, 6) is 0.154. The molecule has 0 spiro atoms. The first-order chi connectivity index (χ1) is 14.5. The summed E-state index contributed by atoms with van der Waals surface area (Å²) in [6.07, 6.45) is -5.36. The number of alkyl halides is 3. The fraction of sp³-hybridized carbons (Fsp3) is 0.688. The number of imidazole rings is 1. The predicted octanol–water partition coefficient (Wildman–Crippen LogP) is 0.520. The van der Waals surface area contributed by atoms with Gasteiger partial charge in [-0.3, -0.25) is 0 Å². The zero-order valence-corrected chi connectivity index (χ0v) is 18.0. The number of rotatable bonds is 8. The first-order valence-corrected chi connectivity index (χ1v) is 11.1. The van der Waals surface area contributed by atoms with E-state index in [0.717, 1.165) is 0 Å². The first-order valence-electron chi connectivity index (χ1n) is 9.65.